The van der Waals surface area contributed by atoms with Crippen LogP contribution in [0.15, 0.2) is 18.2 Å². The van der Waals surface area contributed by atoms with Crippen molar-refractivity contribution in [1.82, 2.24) is 0 Å². The fourth-order valence-corrected chi connectivity index (χ4v) is 1.39. The van der Waals surface area contributed by atoms with Crippen LogP contribution < -0.4 is 4.74 Å². The number of halogens is 1. The van der Waals surface area contributed by atoms with Crippen molar-refractivity contribution < 1.29 is 14.9 Å². The van der Waals surface area contributed by atoms with E-state index in [1.165, 1.54) is 0 Å². The third-order valence-electron chi connectivity index (χ3n) is 1.47. The molecule has 12 heavy (non-hydrogen) atoms. The summed E-state index contributed by atoms with van der Waals surface area (Å²) in [5.74, 6) is 0.654. The Labute approximate surface area is 84.1 Å². The highest BCUT2D eigenvalue weighted by atomic mass is 127. The quantitative estimate of drug-likeness (QED) is 0.634. The number of ether oxygens (including phenoxy) is 1. The maximum Gasteiger partial charge on any atom is 0.178 e. The highest BCUT2D eigenvalue weighted by Crippen LogP contribution is 2.23. The van der Waals surface area contributed by atoms with Gasteiger partial charge in [0, 0.05) is 5.56 Å². The van der Waals surface area contributed by atoms with E-state index in [0.29, 0.717) is 11.3 Å². The van der Waals surface area contributed by atoms with Gasteiger partial charge in [-0.15, -0.1) is 0 Å². The molecule has 0 unspecified atom stereocenters. The van der Waals surface area contributed by atoms with Crippen LogP contribution in [0.2, 0.25) is 0 Å². The Kier molecular flexibility index (Phi) is 3.30. The highest BCUT2D eigenvalue weighted by molar-refractivity contribution is 14.1. The number of methoxy groups -OCH3 is 1. The minimum absolute atomic E-state index is 0.437. The monoisotopic (exact) mass is 280 g/mol. The van der Waals surface area contributed by atoms with Gasteiger partial charge >= 0.3 is 0 Å². The molecule has 66 valence electrons. The van der Waals surface area contributed by atoms with Crippen LogP contribution in [-0.4, -0.2) is 17.3 Å². The lowest BCUT2D eigenvalue weighted by Gasteiger charge is -2.07. The molecule has 0 amide bonds. The minimum Gasteiger partial charge on any atom is -0.496 e. The van der Waals surface area contributed by atoms with Gasteiger partial charge in [-0.25, -0.2) is 0 Å². The Bertz CT molecular complexity index is 273. The van der Waals surface area contributed by atoms with Crippen LogP contribution in [0, 0.1) is 3.57 Å². The lowest BCUT2D eigenvalue weighted by Crippen LogP contribution is -1.96. The van der Waals surface area contributed by atoms with Gasteiger partial charge in [0.15, 0.2) is 6.29 Å². The fraction of sp³-hybridized carbons (Fsp3) is 0.250. The van der Waals surface area contributed by atoms with Gasteiger partial charge < -0.3 is 14.9 Å². The summed E-state index contributed by atoms with van der Waals surface area (Å²) in [6, 6.07) is 5.02. The van der Waals surface area contributed by atoms with Crippen molar-refractivity contribution in [2.45, 2.75) is 6.29 Å². The second-order valence-corrected chi connectivity index (χ2v) is 3.43. The molecule has 0 fully saturated rings. The van der Waals surface area contributed by atoms with Crippen LogP contribution in [0.25, 0.3) is 0 Å². The first-order valence-corrected chi connectivity index (χ1v) is 4.42. The largest absolute Gasteiger partial charge is 0.496 e. The predicted octanol–water partition coefficient (Wildman–Crippen LogP) is 1.28. The van der Waals surface area contributed by atoms with Gasteiger partial charge in [0.1, 0.15) is 5.75 Å². The molecule has 0 spiro atoms. The third kappa shape index (κ3) is 2.09. The fourth-order valence-electron chi connectivity index (χ4n) is 0.837. The van der Waals surface area contributed by atoms with Gasteiger partial charge in [-0.1, -0.05) is 6.07 Å². The molecule has 0 aliphatic rings. The van der Waals surface area contributed by atoms with Crippen molar-refractivity contribution in [3.63, 3.8) is 0 Å². The first-order valence-electron chi connectivity index (χ1n) is 3.34. The van der Waals surface area contributed by atoms with E-state index in [1.54, 1.807) is 25.3 Å². The molecular formula is C8H9IO3. The smallest absolute Gasteiger partial charge is 0.178 e. The average Bonchev–Trinajstić information content (AvgIpc) is 2.05. The Morgan fingerprint density at radius 2 is 2.08 bits per heavy atom. The van der Waals surface area contributed by atoms with E-state index in [2.05, 4.69) is 22.6 Å². The van der Waals surface area contributed by atoms with Crippen molar-refractivity contribution in [3.8, 4) is 5.75 Å². The standard InChI is InChI=1S/C8H9IO3/c1-12-7-4-5(8(10)11)2-3-6(7)9/h2-4,8,10-11H,1H3. The summed E-state index contributed by atoms with van der Waals surface area (Å²) in [7, 11) is 1.55. The van der Waals surface area contributed by atoms with Crippen LogP contribution in [-0.2, 0) is 0 Å². The summed E-state index contributed by atoms with van der Waals surface area (Å²) in [6.07, 6.45) is -1.43. The molecule has 0 bridgehead atoms. The Morgan fingerprint density at radius 1 is 1.42 bits per heavy atom. The molecule has 4 heteroatoms. The van der Waals surface area contributed by atoms with E-state index < -0.39 is 6.29 Å². The second kappa shape index (κ2) is 4.06. The van der Waals surface area contributed by atoms with Gasteiger partial charge in [-0.3, -0.25) is 0 Å². The molecule has 1 aromatic carbocycles. The number of hydrogen-bond acceptors (Lipinski definition) is 3. The maximum absolute atomic E-state index is 8.83. The lowest BCUT2D eigenvalue weighted by molar-refractivity contribution is -0.0426. The van der Waals surface area contributed by atoms with Crippen LogP contribution in [0.1, 0.15) is 11.9 Å². The molecule has 3 nitrogen and oxygen atoms in total. The summed E-state index contributed by atoms with van der Waals surface area (Å²) in [4.78, 5) is 0. The highest BCUT2D eigenvalue weighted by Gasteiger charge is 2.05. The van der Waals surface area contributed by atoms with Crippen molar-refractivity contribution in [2.75, 3.05) is 7.11 Å². The van der Waals surface area contributed by atoms with Gasteiger partial charge in [-0.05, 0) is 34.7 Å². The first-order chi connectivity index (χ1) is 5.65. The van der Waals surface area contributed by atoms with E-state index in [9.17, 15) is 0 Å². The molecular weight excluding hydrogens is 271 g/mol. The Hall–Kier alpha value is -0.330. The first kappa shape index (κ1) is 9.76. The lowest BCUT2D eigenvalue weighted by atomic mass is 10.2. The summed E-state index contributed by atoms with van der Waals surface area (Å²) in [5.41, 5.74) is 0.437. The Balaban J connectivity index is 3.05. The number of rotatable bonds is 2. The molecule has 0 saturated carbocycles. The molecule has 1 aromatic rings. The van der Waals surface area contributed by atoms with E-state index in [0.717, 1.165) is 3.57 Å². The number of hydrogen-bond donors (Lipinski definition) is 2. The van der Waals surface area contributed by atoms with Crippen LogP contribution in [0.5, 0.6) is 5.75 Å². The van der Waals surface area contributed by atoms with Crippen molar-refractivity contribution in [1.29, 1.82) is 0 Å². The molecule has 2 N–H and O–H groups in total. The summed E-state index contributed by atoms with van der Waals surface area (Å²) in [5, 5.41) is 17.7. The Morgan fingerprint density at radius 3 is 2.58 bits per heavy atom. The average molecular weight is 280 g/mol. The third-order valence-corrected chi connectivity index (χ3v) is 2.36. The van der Waals surface area contributed by atoms with E-state index >= 15 is 0 Å². The van der Waals surface area contributed by atoms with Crippen LogP contribution >= 0.6 is 22.6 Å². The molecule has 0 atom stereocenters. The van der Waals surface area contributed by atoms with Crippen LogP contribution in [0.4, 0.5) is 0 Å². The van der Waals surface area contributed by atoms with Crippen LogP contribution in [0.3, 0.4) is 0 Å². The van der Waals surface area contributed by atoms with Crippen molar-refractivity contribution in [3.05, 3.63) is 27.3 Å². The second-order valence-electron chi connectivity index (χ2n) is 2.27. The van der Waals surface area contributed by atoms with Gasteiger partial charge in [0.05, 0.1) is 10.7 Å². The van der Waals surface area contributed by atoms with Gasteiger partial charge in [0.2, 0.25) is 0 Å². The normalized spacial score (nSPS) is 10.4. The molecule has 0 aliphatic carbocycles. The number of aliphatic hydroxyl groups excluding tert-OH is 1. The summed E-state index contributed by atoms with van der Waals surface area (Å²) >= 11 is 2.11. The molecule has 0 aliphatic heterocycles. The maximum atomic E-state index is 8.83. The van der Waals surface area contributed by atoms with Crippen molar-refractivity contribution >= 4 is 22.6 Å². The van der Waals surface area contributed by atoms with Gasteiger partial charge in [-0.2, -0.15) is 0 Å². The van der Waals surface area contributed by atoms with Crippen molar-refractivity contribution in [2.24, 2.45) is 0 Å². The predicted molar refractivity (Wildman–Crippen MR) is 52.9 cm³/mol. The SMILES string of the molecule is COc1cc(C(O)O)ccc1I. The number of benzene rings is 1. The summed E-state index contributed by atoms with van der Waals surface area (Å²) < 4.78 is 5.95. The zero-order valence-corrected chi connectivity index (χ0v) is 8.65. The zero-order chi connectivity index (χ0) is 9.14. The molecule has 0 aromatic heterocycles. The van der Waals surface area contributed by atoms with E-state index in [4.69, 9.17) is 14.9 Å². The topological polar surface area (TPSA) is 49.7 Å². The molecule has 0 radical (unpaired) electrons. The molecule has 0 saturated heterocycles. The summed E-state index contributed by atoms with van der Waals surface area (Å²) in [6.45, 7) is 0. The van der Waals surface area contributed by atoms with E-state index in [-0.39, 0.29) is 0 Å². The number of aliphatic hydroxyl groups is 2. The molecule has 0 heterocycles. The van der Waals surface area contributed by atoms with Gasteiger partial charge in [0.25, 0.3) is 0 Å². The zero-order valence-electron chi connectivity index (χ0n) is 6.49. The van der Waals surface area contributed by atoms with E-state index in [1.807, 2.05) is 0 Å². The molecule has 1 rings (SSSR count). The minimum atomic E-state index is -1.43.